The number of nitrogens with zero attached hydrogens (tertiary/aromatic N) is 3. The molecule has 28 heavy (non-hydrogen) atoms. The van der Waals surface area contributed by atoms with Crippen molar-refractivity contribution >= 4 is 5.69 Å². The number of aryl methyl sites for hydroxylation is 1. The number of benzene rings is 2. The predicted octanol–water partition coefficient (Wildman–Crippen LogP) is 5.25. The number of aromatic nitrogens is 3. The zero-order valence-electron chi connectivity index (χ0n) is 15.5. The van der Waals surface area contributed by atoms with Crippen LogP contribution in [0, 0.1) is 6.92 Å². The molecule has 4 aromatic rings. The molecule has 0 aliphatic rings. The van der Waals surface area contributed by atoms with Crippen LogP contribution in [0.25, 0.3) is 11.4 Å². The number of nitrogens with one attached hydrogen (secondary N) is 1. The van der Waals surface area contributed by atoms with E-state index in [0.717, 1.165) is 34.0 Å². The van der Waals surface area contributed by atoms with Crippen LogP contribution >= 0.6 is 0 Å². The van der Waals surface area contributed by atoms with Crippen LogP contribution < -0.4 is 10.1 Å². The minimum absolute atomic E-state index is 0.660. The van der Waals surface area contributed by atoms with Crippen molar-refractivity contribution in [2.75, 3.05) is 5.32 Å². The predicted molar refractivity (Wildman–Crippen MR) is 110 cm³/mol. The van der Waals surface area contributed by atoms with E-state index in [0.29, 0.717) is 12.4 Å². The van der Waals surface area contributed by atoms with Gasteiger partial charge in [-0.1, -0.05) is 18.2 Å². The SMILES string of the molecule is Cc1cc(NCc2cnc(-c3ccc(Oc4ccccc4)cc3)nc2)ccn1. The van der Waals surface area contributed by atoms with Crippen molar-refractivity contribution in [3.8, 4) is 22.9 Å². The second-order valence-electron chi connectivity index (χ2n) is 6.39. The first-order valence-electron chi connectivity index (χ1n) is 9.07. The Bertz CT molecular complexity index is 1030. The number of pyridine rings is 1. The average molecular weight is 368 g/mol. The van der Waals surface area contributed by atoms with E-state index in [1.54, 1.807) is 6.20 Å². The second-order valence-corrected chi connectivity index (χ2v) is 6.39. The molecule has 2 aromatic heterocycles. The quantitative estimate of drug-likeness (QED) is 0.503. The zero-order chi connectivity index (χ0) is 19.2. The molecule has 0 bridgehead atoms. The monoisotopic (exact) mass is 368 g/mol. The number of hydrogen-bond donors (Lipinski definition) is 1. The van der Waals surface area contributed by atoms with Gasteiger partial charge in [-0.15, -0.1) is 0 Å². The molecule has 0 aliphatic carbocycles. The van der Waals surface area contributed by atoms with Gasteiger partial charge in [0, 0.05) is 47.6 Å². The normalized spacial score (nSPS) is 10.5. The standard InChI is InChI=1S/C23H20N4O/c1-17-13-20(11-12-24-17)25-14-18-15-26-23(27-16-18)19-7-9-22(10-8-19)28-21-5-3-2-4-6-21/h2-13,15-16H,14H2,1H3,(H,24,25). The smallest absolute Gasteiger partial charge is 0.159 e. The molecule has 2 heterocycles. The fraction of sp³-hybridized carbons (Fsp3) is 0.0870. The van der Waals surface area contributed by atoms with Crippen LogP contribution in [0.5, 0.6) is 11.5 Å². The maximum absolute atomic E-state index is 5.82. The Morgan fingerprint density at radius 3 is 2.25 bits per heavy atom. The molecule has 5 nitrogen and oxygen atoms in total. The van der Waals surface area contributed by atoms with Crippen LogP contribution in [0.15, 0.2) is 85.3 Å². The highest BCUT2D eigenvalue weighted by molar-refractivity contribution is 5.56. The minimum Gasteiger partial charge on any atom is -0.457 e. The summed E-state index contributed by atoms with van der Waals surface area (Å²) >= 11 is 0. The topological polar surface area (TPSA) is 59.9 Å². The van der Waals surface area contributed by atoms with Crippen LogP contribution in [-0.4, -0.2) is 15.0 Å². The van der Waals surface area contributed by atoms with Crippen LogP contribution in [0.1, 0.15) is 11.3 Å². The summed E-state index contributed by atoms with van der Waals surface area (Å²) in [5.74, 6) is 2.28. The molecule has 0 spiro atoms. The maximum Gasteiger partial charge on any atom is 0.159 e. The van der Waals surface area contributed by atoms with Gasteiger partial charge >= 0.3 is 0 Å². The van der Waals surface area contributed by atoms with E-state index in [1.807, 2.05) is 86.0 Å². The molecule has 4 rings (SSSR count). The Morgan fingerprint density at radius 2 is 1.54 bits per heavy atom. The lowest BCUT2D eigenvalue weighted by atomic mass is 10.2. The summed E-state index contributed by atoms with van der Waals surface area (Å²) in [5.41, 5.74) is 3.98. The Balaban J connectivity index is 1.39. The summed E-state index contributed by atoms with van der Waals surface area (Å²) in [4.78, 5) is 13.2. The van der Waals surface area contributed by atoms with Gasteiger partial charge in [-0.2, -0.15) is 0 Å². The van der Waals surface area contributed by atoms with Crippen molar-refractivity contribution in [3.63, 3.8) is 0 Å². The molecule has 1 N–H and O–H groups in total. The Kier molecular flexibility index (Phi) is 5.24. The van der Waals surface area contributed by atoms with Gasteiger partial charge in [0.2, 0.25) is 0 Å². The summed E-state index contributed by atoms with van der Waals surface area (Å²) in [6, 6.07) is 21.4. The van der Waals surface area contributed by atoms with Crippen molar-refractivity contribution in [2.45, 2.75) is 13.5 Å². The molecule has 0 unspecified atom stereocenters. The van der Waals surface area contributed by atoms with E-state index < -0.39 is 0 Å². The molecule has 138 valence electrons. The molecule has 5 heteroatoms. The fourth-order valence-corrected chi connectivity index (χ4v) is 2.75. The molecule has 0 saturated carbocycles. The minimum atomic E-state index is 0.660. The largest absolute Gasteiger partial charge is 0.457 e. The van der Waals surface area contributed by atoms with Crippen LogP contribution in [-0.2, 0) is 6.54 Å². The first-order valence-corrected chi connectivity index (χ1v) is 9.07. The molecule has 0 aliphatic heterocycles. The molecular formula is C23H20N4O. The number of hydrogen-bond acceptors (Lipinski definition) is 5. The van der Waals surface area contributed by atoms with E-state index in [2.05, 4.69) is 20.3 Å². The van der Waals surface area contributed by atoms with Crippen LogP contribution in [0.4, 0.5) is 5.69 Å². The molecule has 0 atom stereocenters. The van der Waals surface area contributed by atoms with E-state index in [9.17, 15) is 0 Å². The van der Waals surface area contributed by atoms with Gasteiger partial charge in [0.25, 0.3) is 0 Å². The summed E-state index contributed by atoms with van der Waals surface area (Å²) in [5, 5.41) is 3.36. The van der Waals surface area contributed by atoms with E-state index in [1.165, 1.54) is 0 Å². The van der Waals surface area contributed by atoms with Gasteiger partial charge in [-0.05, 0) is 55.5 Å². The third-order valence-corrected chi connectivity index (χ3v) is 4.19. The highest BCUT2D eigenvalue weighted by Gasteiger charge is 2.04. The fourth-order valence-electron chi connectivity index (χ4n) is 2.75. The summed E-state index contributed by atoms with van der Waals surface area (Å²) in [6.07, 6.45) is 5.48. The molecule has 0 saturated heterocycles. The third-order valence-electron chi connectivity index (χ3n) is 4.19. The van der Waals surface area contributed by atoms with Crippen molar-refractivity contribution in [1.82, 2.24) is 15.0 Å². The van der Waals surface area contributed by atoms with Crippen molar-refractivity contribution < 1.29 is 4.74 Å². The van der Waals surface area contributed by atoms with Crippen molar-refractivity contribution in [1.29, 1.82) is 0 Å². The van der Waals surface area contributed by atoms with E-state index >= 15 is 0 Å². The van der Waals surface area contributed by atoms with Gasteiger partial charge in [-0.25, -0.2) is 9.97 Å². The van der Waals surface area contributed by atoms with Crippen LogP contribution in [0.3, 0.4) is 0 Å². The summed E-state index contributed by atoms with van der Waals surface area (Å²) in [7, 11) is 0. The molecule has 2 aromatic carbocycles. The Morgan fingerprint density at radius 1 is 0.821 bits per heavy atom. The molecular weight excluding hydrogens is 348 g/mol. The Labute approximate surface area is 164 Å². The lowest BCUT2D eigenvalue weighted by Gasteiger charge is -2.08. The highest BCUT2D eigenvalue weighted by Crippen LogP contribution is 2.24. The van der Waals surface area contributed by atoms with Crippen molar-refractivity contribution in [2.24, 2.45) is 0 Å². The first-order chi connectivity index (χ1) is 13.8. The highest BCUT2D eigenvalue weighted by atomic mass is 16.5. The second kappa shape index (κ2) is 8.31. The van der Waals surface area contributed by atoms with Gasteiger partial charge in [0.1, 0.15) is 11.5 Å². The van der Waals surface area contributed by atoms with E-state index in [4.69, 9.17) is 4.74 Å². The summed E-state index contributed by atoms with van der Waals surface area (Å²) in [6.45, 7) is 2.63. The first kappa shape index (κ1) is 17.7. The zero-order valence-corrected chi connectivity index (χ0v) is 15.5. The molecule has 0 amide bonds. The van der Waals surface area contributed by atoms with Gasteiger partial charge in [0.05, 0.1) is 0 Å². The van der Waals surface area contributed by atoms with Crippen LogP contribution in [0.2, 0.25) is 0 Å². The maximum atomic E-state index is 5.82. The number of rotatable bonds is 6. The number of ether oxygens (including phenoxy) is 1. The van der Waals surface area contributed by atoms with Gasteiger partial charge in [0.15, 0.2) is 5.82 Å². The average Bonchev–Trinajstić information content (AvgIpc) is 2.74. The summed E-state index contributed by atoms with van der Waals surface area (Å²) < 4.78 is 5.82. The third kappa shape index (κ3) is 4.51. The number of anilines is 1. The Hall–Kier alpha value is -3.73. The molecule has 0 radical (unpaired) electrons. The van der Waals surface area contributed by atoms with Gasteiger partial charge in [-0.3, -0.25) is 4.98 Å². The number of para-hydroxylation sites is 1. The van der Waals surface area contributed by atoms with E-state index in [-0.39, 0.29) is 0 Å². The molecule has 0 fully saturated rings. The lowest BCUT2D eigenvalue weighted by Crippen LogP contribution is -2.01. The lowest BCUT2D eigenvalue weighted by molar-refractivity contribution is 0.483. The van der Waals surface area contributed by atoms with Gasteiger partial charge < -0.3 is 10.1 Å². The van der Waals surface area contributed by atoms with Crippen molar-refractivity contribution in [3.05, 3.63) is 96.6 Å².